The quantitative estimate of drug-likeness (QED) is 0.111. The first-order valence-corrected chi connectivity index (χ1v) is 21.0. The van der Waals surface area contributed by atoms with Crippen LogP contribution in [0.3, 0.4) is 0 Å². The lowest BCUT2D eigenvalue weighted by Gasteiger charge is -2.50. The van der Waals surface area contributed by atoms with Crippen LogP contribution in [-0.2, 0) is 13.6 Å². The molecular formula is C28H50O3SSi2. The first-order chi connectivity index (χ1) is 15.6. The van der Waals surface area contributed by atoms with E-state index in [-0.39, 0.29) is 16.9 Å². The van der Waals surface area contributed by atoms with Gasteiger partial charge in [-0.25, -0.2) is 0 Å². The van der Waals surface area contributed by atoms with Crippen molar-refractivity contribution in [1.29, 1.82) is 0 Å². The van der Waals surface area contributed by atoms with E-state index in [1.807, 2.05) is 0 Å². The summed E-state index contributed by atoms with van der Waals surface area (Å²) in [4.78, 5) is 0. The SMILES string of the molecule is C=C[C@](C)(C[C@@H](OCSC)[C@]1(C)C2=C(CC=C2O[Si](C)(C)C)CC[C@@H]1C)/C(=C/C)O[Si](C)(C)C. The molecule has 0 N–H and O–H groups in total. The van der Waals surface area contributed by atoms with Crippen molar-refractivity contribution in [2.24, 2.45) is 16.7 Å². The van der Waals surface area contributed by atoms with Gasteiger partial charge in [-0.15, -0.1) is 18.3 Å². The Bertz CT molecular complexity index is 834. The molecule has 0 bridgehead atoms. The molecule has 2 aliphatic rings. The van der Waals surface area contributed by atoms with Crippen LogP contribution in [0.4, 0.5) is 0 Å². The Kier molecular flexibility index (Phi) is 9.68. The molecular weight excluding hydrogens is 473 g/mol. The second-order valence-electron chi connectivity index (χ2n) is 12.4. The second-order valence-corrected chi connectivity index (χ2v) is 22.1. The summed E-state index contributed by atoms with van der Waals surface area (Å²) in [6.07, 6.45) is 12.9. The van der Waals surface area contributed by atoms with Crippen molar-refractivity contribution < 1.29 is 13.6 Å². The summed E-state index contributed by atoms with van der Waals surface area (Å²) in [5.41, 5.74) is 2.55. The Morgan fingerprint density at radius 3 is 2.41 bits per heavy atom. The molecule has 0 amide bonds. The van der Waals surface area contributed by atoms with Crippen LogP contribution in [0.25, 0.3) is 0 Å². The fraction of sp³-hybridized carbons (Fsp3) is 0.714. The van der Waals surface area contributed by atoms with Gasteiger partial charge < -0.3 is 13.6 Å². The smallest absolute Gasteiger partial charge is 0.242 e. The lowest BCUT2D eigenvalue weighted by Crippen LogP contribution is -2.47. The van der Waals surface area contributed by atoms with E-state index in [2.05, 4.69) is 98.0 Å². The van der Waals surface area contributed by atoms with E-state index in [0.29, 0.717) is 11.9 Å². The van der Waals surface area contributed by atoms with Gasteiger partial charge in [0.25, 0.3) is 0 Å². The lowest BCUT2D eigenvalue weighted by molar-refractivity contribution is -0.0450. The Morgan fingerprint density at radius 1 is 1.26 bits per heavy atom. The maximum Gasteiger partial charge on any atom is 0.242 e. The number of rotatable bonds is 12. The first-order valence-electron chi connectivity index (χ1n) is 12.8. The highest BCUT2D eigenvalue weighted by Gasteiger charge is 2.51. The number of ether oxygens (including phenoxy) is 1. The molecule has 0 aromatic heterocycles. The van der Waals surface area contributed by atoms with Crippen LogP contribution in [0.2, 0.25) is 39.3 Å². The van der Waals surface area contributed by atoms with Gasteiger partial charge in [0.1, 0.15) is 5.76 Å². The van der Waals surface area contributed by atoms with Gasteiger partial charge in [0.2, 0.25) is 16.6 Å². The predicted octanol–water partition coefficient (Wildman–Crippen LogP) is 8.90. The van der Waals surface area contributed by atoms with Gasteiger partial charge in [-0.1, -0.05) is 31.6 Å². The van der Waals surface area contributed by atoms with Gasteiger partial charge in [-0.3, -0.25) is 0 Å². The number of allylic oxidation sites excluding steroid dienone is 5. The Labute approximate surface area is 216 Å². The summed E-state index contributed by atoms with van der Waals surface area (Å²) >= 11 is 1.75. The van der Waals surface area contributed by atoms with Crippen molar-refractivity contribution in [2.75, 3.05) is 12.2 Å². The van der Waals surface area contributed by atoms with Gasteiger partial charge in [0, 0.05) is 16.4 Å². The fourth-order valence-electron chi connectivity index (χ4n) is 5.40. The van der Waals surface area contributed by atoms with Crippen LogP contribution < -0.4 is 0 Å². The Morgan fingerprint density at radius 2 is 1.91 bits per heavy atom. The van der Waals surface area contributed by atoms with Crippen molar-refractivity contribution in [3.63, 3.8) is 0 Å². The summed E-state index contributed by atoms with van der Waals surface area (Å²) < 4.78 is 20.0. The third kappa shape index (κ3) is 6.74. The minimum absolute atomic E-state index is 0.0233. The summed E-state index contributed by atoms with van der Waals surface area (Å²) in [7, 11) is -3.51. The van der Waals surface area contributed by atoms with Crippen LogP contribution >= 0.6 is 11.8 Å². The summed E-state index contributed by atoms with van der Waals surface area (Å²) in [5.74, 6) is 3.33. The molecule has 194 valence electrons. The van der Waals surface area contributed by atoms with Gasteiger partial charge in [-0.05, 0) is 97.1 Å². The molecule has 0 aromatic carbocycles. The minimum atomic E-state index is -1.77. The lowest BCUT2D eigenvalue weighted by atomic mass is 9.59. The highest BCUT2D eigenvalue weighted by molar-refractivity contribution is 7.98. The number of hydrogen-bond donors (Lipinski definition) is 0. The molecule has 0 saturated heterocycles. The Hall–Kier alpha value is -0.696. The topological polar surface area (TPSA) is 27.7 Å². The molecule has 3 nitrogen and oxygen atoms in total. The van der Waals surface area contributed by atoms with Crippen LogP contribution in [0, 0.1) is 16.7 Å². The average Bonchev–Trinajstić information content (AvgIpc) is 3.13. The normalized spacial score (nSPS) is 26.5. The second kappa shape index (κ2) is 11.1. The largest absolute Gasteiger partial charge is 0.547 e. The van der Waals surface area contributed by atoms with E-state index >= 15 is 0 Å². The maximum absolute atomic E-state index is 6.75. The summed E-state index contributed by atoms with van der Waals surface area (Å²) in [5, 5.41) is 0. The summed E-state index contributed by atoms with van der Waals surface area (Å²) in [6.45, 7) is 27.0. The van der Waals surface area contributed by atoms with E-state index in [9.17, 15) is 0 Å². The first kappa shape index (κ1) is 29.5. The number of hydrogen-bond acceptors (Lipinski definition) is 4. The van der Waals surface area contributed by atoms with E-state index < -0.39 is 16.6 Å². The average molecular weight is 523 g/mol. The monoisotopic (exact) mass is 522 g/mol. The van der Waals surface area contributed by atoms with Gasteiger partial charge in [-0.2, -0.15) is 0 Å². The number of thioether (sulfide) groups is 1. The highest BCUT2D eigenvalue weighted by Crippen LogP contribution is 2.56. The zero-order chi connectivity index (χ0) is 25.9. The van der Waals surface area contributed by atoms with E-state index in [4.69, 9.17) is 13.6 Å². The molecule has 0 spiro atoms. The van der Waals surface area contributed by atoms with Crippen molar-refractivity contribution in [2.45, 2.75) is 98.8 Å². The zero-order valence-electron chi connectivity index (χ0n) is 23.8. The molecule has 0 fully saturated rings. The van der Waals surface area contributed by atoms with E-state index in [0.717, 1.165) is 30.8 Å². The molecule has 2 aliphatic carbocycles. The predicted molar refractivity (Wildman–Crippen MR) is 155 cm³/mol. The van der Waals surface area contributed by atoms with Crippen LogP contribution in [0.1, 0.15) is 53.4 Å². The molecule has 34 heavy (non-hydrogen) atoms. The molecule has 0 unspecified atom stereocenters. The molecule has 0 aliphatic heterocycles. The van der Waals surface area contributed by atoms with Crippen molar-refractivity contribution in [3.05, 3.63) is 47.5 Å². The maximum atomic E-state index is 6.75. The molecule has 2 rings (SSSR count). The van der Waals surface area contributed by atoms with Gasteiger partial charge >= 0.3 is 0 Å². The fourth-order valence-corrected chi connectivity index (χ4v) is 7.56. The molecule has 4 atom stereocenters. The standard InChI is InChI=1S/C28H50O3SSi2/c1-13-24(31-34(10,11)12)27(4,14-2)19-25(29-20-32-6)28(5)21(3)15-16-22-17-18-23(26(22)28)30-33(7,8)9/h13-14,18,21,25H,2,15-17,19-20H2,1,3-12H3/b24-13-/t21-,25+,27+,28+/m0/s1. The van der Waals surface area contributed by atoms with Crippen molar-refractivity contribution in [1.82, 2.24) is 0 Å². The van der Waals surface area contributed by atoms with Crippen molar-refractivity contribution >= 4 is 28.4 Å². The van der Waals surface area contributed by atoms with E-state index in [1.54, 1.807) is 17.3 Å². The van der Waals surface area contributed by atoms with Crippen LogP contribution in [-0.4, -0.2) is 34.9 Å². The van der Waals surface area contributed by atoms with Gasteiger partial charge in [0.05, 0.1) is 17.8 Å². The molecule has 0 aromatic rings. The molecule has 6 heteroatoms. The van der Waals surface area contributed by atoms with Gasteiger partial charge in [0.15, 0.2) is 0 Å². The summed E-state index contributed by atoms with van der Waals surface area (Å²) in [6, 6.07) is 0. The third-order valence-electron chi connectivity index (χ3n) is 7.35. The zero-order valence-corrected chi connectivity index (χ0v) is 26.6. The highest BCUT2D eigenvalue weighted by atomic mass is 32.2. The van der Waals surface area contributed by atoms with Crippen LogP contribution in [0.15, 0.2) is 47.5 Å². The van der Waals surface area contributed by atoms with Crippen molar-refractivity contribution in [3.8, 4) is 0 Å². The molecule has 0 heterocycles. The minimum Gasteiger partial charge on any atom is -0.547 e. The molecule has 0 saturated carbocycles. The van der Waals surface area contributed by atoms with E-state index in [1.165, 1.54) is 12.0 Å². The third-order valence-corrected chi connectivity index (χ3v) is 9.38. The molecule has 0 radical (unpaired) electrons. The van der Waals surface area contributed by atoms with Crippen LogP contribution in [0.5, 0.6) is 0 Å². The Balaban J connectivity index is 2.56.